The number of amides is 1. The van der Waals surface area contributed by atoms with Crippen LogP contribution in [-0.4, -0.2) is 34.5 Å². The lowest BCUT2D eigenvalue weighted by molar-refractivity contribution is -0.143. The minimum absolute atomic E-state index is 0.0186. The van der Waals surface area contributed by atoms with Crippen molar-refractivity contribution in [2.24, 2.45) is 5.92 Å². The number of carbonyl (C=O) groups excluding carboxylic acids is 1. The quantitative estimate of drug-likeness (QED) is 0.840. The summed E-state index contributed by atoms with van der Waals surface area (Å²) < 4.78 is 12.8. The highest BCUT2D eigenvalue weighted by Gasteiger charge is 2.34. The summed E-state index contributed by atoms with van der Waals surface area (Å²) in [5.74, 6) is -1.75. The first-order chi connectivity index (χ1) is 9.97. The third-order valence-electron chi connectivity index (χ3n) is 3.74. The molecule has 0 saturated heterocycles. The van der Waals surface area contributed by atoms with Gasteiger partial charge in [0.15, 0.2) is 0 Å². The van der Waals surface area contributed by atoms with E-state index in [2.05, 4.69) is 0 Å². The summed E-state index contributed by atoms with van der Waals surface area (Å²) in [6.45, 7) is 1.88. The summed E-state index contributed by atoms with van der Waals surface area (Å²) in [5, 5.41) is 8.98. The lowest BCUT2D eigenvalue weighted by atomic mass is 10.1. The zero-order valence-electron chi connectivity index (χ0n) is 12.1. The lowest BCUT2D eigenvalue weighted by Crippen LogP contribution is -2.38. The molecule has 0 aromatic heterocycles. The van der Waals surface area contributed by atoms with Crippen LogP contribution >= 0.6 is 0 Å². The molecule has 1 atom stereocenters. The Bertz CT molecular complexity index is 511. The highest BCUT2D eigenvalue weighted by Crippen LogP contribution is 2.28. The van der Waals surface area contributed by atoms with E-state index >= 15 is 0 Å². The van der Waals surface area contributed by atoms with Gasteiger partial charge < -0.3 is 10.0 Å². The van der Waals surface area contributed by atoms with Crippen LogP contribution in [0.2, 0.25) is 0 Å². The topological polar surface area (TPSA) is 57.6 Å². The molecule has 0 aliphatic heterocycles. The van der Waals surface area contributed by atoms with Gasteiger partial charge in [0.05, 0.1) is 5.92 Å². The molecule has 1 unspecified atom stereocenters. The second-order valence-corrected chi connectivity index (χ2v) is 5.64. The maximum absolute atomic E-state index is 12.8. The Labute approximate surface area is 123 Å². The van der Waals surface area contributed by atoms with Gasteiger partial charge in [0.2, 0.25) is 5.91 Å². The van der Waals surface area contributed by atoms with Crippen LogP contribution in [0.1, 0.15) is 31.7 Å². The molecule has 1 N–H and O–H groups in total. The average Bonchev–Trinajstić information content (AvgIpc) is 3.28. The zero-order chi connectivity index (χ0) is 15.4. The molecule has 1 saturated carbocycles. The van der Waals surface area contributed by atoms with E-state index in [0.717, 1.165) is 18.4 Å². The predicted molar refractivity (Wildman–Crippen MR) is 76.3 cm³/mol. The van der Waals surface area contributed by atoms with Crippen LogP contribution in [0.15, 0.2) is 24.3 Å². The Hall–Kier alpha value is -1.91. The number of benzene rings is 1. The Morgan fingerprint density at radius 2 is 1.95 bits per heavy atom. The number of halogens is 1. The molecule has 1 aliphatic carbocycles. The van der Waals surface area contributed by atoms with E-state index in [-0.39, 0.29) is 24.3 Å². The molecular weight excluding hydrogens is 273 g/mol. The fourth-order valence-corrected chi connectivity index (χ4v) is 2.26. The van der Waals surface area contributed by atoms with Crippen molar-refractivity contribution in [1.82, 2.24) is 4.90 Å². The van der Waals surface area contributed by atoms with Crippen molar-refractivity contribution in [2.75, 3.05) is 6.54 Å². The Kier molecular flexibility index (Phi) is 4.94. The van der Waals surface area contributed by atoms with Gasteiger partial charge in [0.1, 0.15) is 5.82 Å². The number of aliphatic carboxylic acids is 1. The molecule has 0 heterocycles. The number of carbonyl (C=O) groups is 2. The number of hydrogen-bond donors (Lipinski definition) is 1. The maximum Gasteiger partial charge on any atom is 0.308 e. The zero-order valence-corrected chi connectivity index (χ0v) is 12.1. The van der Waals surface area contributed by atoms with Crippen molar-refractivity contribution in [1.29, 1.82) is 0 Å². The van der Waals surface area contributed by atoms with Crippen LogP contribution in [-0.2, 0) is 16.0 Å². The first-order valence-corrected chi connectivity index (χ1v) is 7.24. The Balaban J connectivity index is 1.89. The van der Waals surface area contributed by atoms with Crippen molar-refractivity contribution < 1.29 is 19.1 Å². The van der Waals surface area contributed by atoms with Gasteiger partial charge in [-0.3, -0.25) is 9.59 Å². The number of carboxylic acid groups (broad SMARTS) is 1. The van der Waals surface area contributed by atoms with Crippen LogP contribution in [0.4, 0.5) is 4.39 Å². The van der Waals surface area contributed by atoms with Crippen LogP contribution in [0.3, 0.4) is 0 Å². The summed E-state index contributed by atoms with van der Waals surface area (Å²) in [7, 11) is 0. The third-order valence-corrected chi connectivity index (χ3v) is 3.74. The SMILES string of the molecule is CC(CN(C(=O)CCc1ccc(F)cc1)C1CC1)C(=O)O. The molecule has 114 valence electrons. The normalized spacial score (nSPS) is 15.5. The van der Waals surface area contributed by atoms with Gasteiger partial charge in [0.25, 0.3) is 0 Å². The molecule has 0 radical (unpaired) electrons. The van der Waals surface area contributed by atoms with Crippen molar-refractivity contribution in [2.45, 2.75) is 38.6 Å². The minimum atomic E-state index is -0.882. The van der Waals surface area contributed by atoms with E-state index < -0.39 is 11.9 Å². The van der Waals surface area contributed by atoms with Crippen LogP contribution in [0.25, 0.3) is 0 Å². The number of rotatable bonds is 7. The standard InChI is InChI=1S/C16H20FNO3/c1-11(16(20)21)10-18(14-7-8-14)15(19)9-4-12-2-5-13(17)6-3-12/h2-3,5-6,11,14H,4,7-10H2,1H3,(H,20,21). The fraction of sp³-hybridized carbons (Fsp3) is 0.500. The Morgan fingerprint density at radius 1 is 1.33 bits per heavy atom. The summed E-state index contributed by atoms with van der Waals surface area (Å²) >= 11 is 0. The van der Waals surface area contributed by atoms with Crippen molar-refractivity contribution in [3.05, 3.63) is 35.6 Å². The molecule has 21 heavy (non-hydrogen) atoms. The lowest BCUT2D eigenvalue weighted by Gasteiger charge is -2.24. The second-order valence-electron chi connectivity index (χ2n) is 5.64. The van der Waals surface area contributed by atoms with E-state index in [1.165, 1.54) is 12.1 Å². The van der Waals surface area contributed by atoms with E-state index in [4.69, 9.17) is 5.11 Å². The van der Waals surface area contributed by atoms with Crippen LogP contribution in [0, 0.1) is 11.7 Å². The van der Waals surface area contributed by atoms with Crippen LogP contribution < -0.4 is 0 Å². The van der Waals surface area contributed by atoms with Gasteiger partial charge in [-0.15, -0.1) is 0 Å². The Morgan fingerprint density at radius 3 is 2.48 bits per heavy atom. The molecule has 1 aliphatic rings. The largest absolute Gasteiger partial charge is 0.481 e. The van der Waals surface area contributed by atoms with Gasteiger partial charge in [-0.1, -0.05) is 19.1 Å². The summed E-state index contributed by atoms with van der Waals surface area (Å²) in [5.41, 5.74) is 0.909. The van der Waals surface area contributed by atoms with Gasteiger partial charge in [-0.05, 0) is 37.0 Å². The van der Waals surface area contributed by atoms with Crippen molar-refractivity contribution in [3.63, 3.8) is 0 Å². The van der Waals surface area contributed by atoms with E-state index in [1.807, 2.05) is 0 Å². The summed E-state index contributed by atoms with van der Waals surface area (Å²) in [6, 6.07) is 6.30. The molecule has 2 rings (SSSR count). The molecule has 1 aromatic carbocycles. The van der Waals surface area contributed by atoms with Gasteiger partial charge in [0, 0.05) is 19.0 Å². The molecule has 0 spiro atoms. The van der Waals surface area contributed by atoms with E-state index in [0.29, 0.717) is 12.8 Å². The molecule has 1 fully saturated rings. The van der Waals surface area contributed by atoms with Gasteiger partial charge in [-0.2, -0.15) is 0 Å². The van der Waals surface area contributed by atoms with Gasteiger partial charge in [-0.25, -0.2) is 4.39 Å². The average molecular weight is 293 g/mol. The first-order valence-electron chi connectivity index (χ1n) is 7.24. The predicted octanol–water partition coefficient (Wildman–Crippen LogP) is 2.47. The highest BCUT2D eigenvalue weighted by atomic mass is 19.1. The molecule has 1 aromatic rings. The third kappa shape index (κ3) is 4.55. The van der Waals surface area contributed by atoms with Crippen molar-refractivity contribution >= 4 is 11.9 Å². The number of carboxylic acids is 1. The molecular formula is C16H20FNO3. The minimum Gasteiger partial charge on any atom is -0.481 e. The summed E-state index contributed by atoms with van der Waals surface area (Å²) in [4.78, 5) is 24.9. The molecule has 5 heteroatoms. The highest BCUT2D eigenvalue weighted by molar-refractivity contribution is 5.78. The monoisotopic (exact) mass is 293 g/mol. The maximum atomic E-state index is 12.8. The first kappa shape index (κ1) is 15.5. The number of hydrogen-bond acceptors (Lipinski definition) is 2. The molecule has 1 amide bonds. The smallest absolute Gasteiger partial charge is 0.308 e. The van der Waals surface area contributed by atoms with Crippen LogP contribution in [0.5, 0.6) is 0 Å². The van der Waals surface area contributed by atoms with E-state index in [9.17, 15) is 14.0 Å². The summed E-state index contributed by atoms with van der Waals surface area (Å²) in [6.07, 6.45) is 2.78. The second kappa shape index (κ2) is 6.70. The number of nitrogens with zero attached hydrogens (tertiary/aromatic N) is 1. The van der Waals surface area contributed by atoms with Gasteiger partial charge >= 0.3 is 5.97 Å². The fourth-order valence-electron chi connectivity index (χ4n) is 2.26. The molecule has 4 nitrogen and oxygen atoms in total. The number of aryl methyl sites for hydroxylation is 1. The van der Waals surface area contributed by atoms with Crippen molar-refractivity contribution in [3.8, 4) is 0 Å². The molecule has 0 bridgehead atoms. The van der Waals surface area contributed by atoms with E-state index in [1.54, 1.807) is 24.0 Å².